The van der Waals surface area contributed by atoms with Gasteiger partial charge in [-0.3, -0.25) is 4.79 Å². The molecule has 28 heavy (non-hydrogen) atoms. The Bertz CT molecular complexity index is 1220. The monoisotopic (exact) mass is 510 g/mol. The molecule has 8 heteroatoms. The van der Waals surface area contributed by atoms with Crippen LogP contribution in [-0.2, 0) is 14.6 Å². The van der Waals surface area contributed by atoms with E-state index in [4.69, 9.17) is 9.15 Å². The second-order valence-corrected chi connectivity index (χ2v) is 9.12. The molecule has 0 saturated carbocycles. The highest BCUT2D eigenvalue weighted by atomic mass is 127. The van der Waals surface area contributed by atoms with Crippen molar-refractivity contribution in [3.05, 3.63) is 74.2 Å². The summed E-state index contributed by atoms with van der Waals surface area (Å²) in [6, 6.07) is 13.2. The van der Waals surface area contributed by atoms with Crippen LogP contribution >= 0.6 is 22.6 Å². The molecule has 1 aromatic heterocycles. The molecular formula is C20H15IO6S. The van der Waals surface area contributed by atoms with Crippen LogP contribution < -0.4 is 10.4 Å². The Kier molecular flexibility index (Phi) is 5.99. The van der Waals surface area contributed by atoms with Gasteiger partial charge in [-0.05, 0) is 70.6 Å². The van der Waals surface area contributed by atoms with Crippen molar-refractivity contribution in [2.75, 3.05) is 12.9 Å². The van der Waals surface area contributed by atoms with Crippen molar-refractivity contribution in [2.24, 2.45) is 0 Å². The van der Waals surface area contributed by atoms with E-state index in [0.29, 0.717) is 16.7 Å². The Balaban J connectivity index is 1.83. The molecule has 0 N–H and O–H groups in total. The number of carbonyl (C=O) groups excluding carboxylic acids is 1. The van der Waals surface area contributed by atoms with Crippen molar-refractivity contribution in [3.63, 3.8) is 0 Å². The van der Waals surface area contributed by atoms with Gasteiger partial charge in [-0.1, -0.05) is 18.2 Å². The second kappa shape index (κ2) is 8.27. The largest absolute Gasteiger partial charge is 0.497 e. The molecular weight excluding hydrogens is 495 g/mol. The molecule has 0 saturated heterocycles. The summed E-state index contributed by atoms with van der Waals surface area (Å²) in [5.41, 5.74) is 0.0158. The van der Waals surface area contributed by atoms with Crippen molar-refractivity contribution < 1.29 is 22.4 Å². The minimum atomic E-state index is -4.14. The van der Waals surface area contributed by atoms with Gasteiger partial charge in [-0.25, -0.2) is 13.2 Å². The average Bonchev–Trinajstić information content (AvgIpc) is 2.66. The summed E-state index contributed by atoms with van der Waals surface area (Å²) in [5.74, 6) is -0.790. The number of carbonyl (C=O) groups is 1. The van der Waals surface area contributed by atoms with Crippen LogP contribution in [0.1, 0.15) is 5.56 Å². The number of sulfone groups is 1. The molecule has 2 aromatic carbocycles. The van der Waals surface area contributed by atoms with Gasteiger partial charge in [0.1, 0.15) is 17.1 Å². The molecule has 0 atom stereocenters. The predicted octanol–water partition coefficient (Wildman–Crippen LogP) is 3.46. The van der Waals surface area contributed by atoms with Gasteiger partial charge in [0.2, 0.25) is 0 Å². The van der Waals surface area contributed by atoms with Crippen molar-refractivity contribution in [1.82, 2.24) is 0 Å². The summed E-state index contributed by atoms with van der Waals surface area (Å²) >= 11 is 2.07. The number of fused-ring (bicyclic) bond motifs is 1. The van der Waals surface area contributed by atoms with Crippen LogP contribution in [0.15, 0.2) is 68.7 Å². The van der Waals surface area contributed by atoms with Gasteiger partial charge in [0.05, 0.1) is 7.11 Å². The normalized spacial score (nSPS) is 11.8. The number of halogens is 1. The molecule has 3 rings (SSSR count). The van der Waals surface area contributed by atoms with Crippen molar-refractivity contribution in [1.29, 1.82) is 0 Å². The summed E-state index contributed by atoms with van der Waals surface area (Å²) in [4.78, 5) is 23.7. The van der Waals surface area contributed by atoms with E-state index in [0.717, 1.165) is 3.57 Å². The van der Waals surface area contributed by atoms with Gasteiger partial charge in [-0.15, -0.1) is 0 Å². The maximum Gasteiger partial charge on any atom is 0.355 e. The van der Waals surface area contributed by atoms with Crippen LogP contribution in [0.3, 0.4) is 0 Å². The molecule has 0 spiro atoms. The molecule has 0 bridgehead atoms. The molecule has 3 aromatic rings. The van der Waals surface area contributed by atoms with Crippen LogP contribution in [-0.4, -0.2) is 27.1 Å². The standard InChI is InChI=1S/C20H15IO6S/c1-26-17-7-3-13(4-8-17)2-6-16(22)12-28(24,25)19-11-14-10-15(21)5-9-18(14)27-20(19)23/h2-11H,12H2,1H3. The van der Waals surface area contributed by atoms with Crippen molar-refractivity contribution >= 4 is 55.3 Å². The van der Waals surface area contributed by atoms with E-state index in [2.05, 4.69) is 22.6 Å². The van der Waals surface area contributed by atoms with Crippen LogP contribution in [0.25, 0.3) is 17.0 Å². The molecule has 144 valence electrons. The van der Waals surface area contributed by atoms with Gasteiger partial charge in [0, 0.05) is 8.96 Å². The summed E-state index contributed by atoms with van der Waals surface area (Å²) < 4.78 is 36.1. The van der Waals surface area contributed by atoms with Crippen molar-refractivity contribution in [3.8, 4) is 5.75 Å². The lowest BCUT2D eigenvalue weighted by molar-refractivity contribution is -0.112. The number of ketones is 1. The zero-order chi connectivity index (χ0) is 20.3. The molecule has 1 heterocycles. The smallest absolute Gasteiger partial charge is 0.355 e. The maximum absolute atomic E-state index is 12.6. The lowest BCUT2D eigenvalue weighted by Crippen LogP contribution is -2.20. The van der Waals surface area contributed by atoms with Crippen LogP contribution in [0.2, 0.25) is 0 Å². The van der Waals surface area contributed by atoms with Gasteiger partial charge in [0.25, 0.3) is 0 Å². The van der Waals surface area contributed by atoms with Crippen molar-refractivity contribution in [2.45, 2.75) is 4.90 Å². The van der Waals surface area contributed by atoms with Gasteiger partial charge in [0.15, 0.2) is 20.5 Å². The lowest BCUT2D eigenvalue weighted by atomic mass is 10.2. The zero-order valence-electron chi connectivity index (χ0n) is 14.7. The number of allylic oxidation sites excluding steroid dienone is 1. The average molecular weight is 510 g/mol. The van der Waals surface area contributed by atoms with E-state index in [9.17, 15) is 18.0 Å². The third-order valence-corrected chi connectivity index (χ3v) is 6.20. The third-order valence-electron chi connectivity index (χ3n) is 3.91. The minimum absolute atomic E-state index is 0.287. The maximum atomic E-state index is 12.6. The van der Waals surface area contributed by atoms with E-state index in [1.807, 2.05) is 0 Å². The van der Waals surface area contributed by atoms with Gasteiger partial charge < -0.3 is 9.15 Å². The summed E-state index contributed by atoms with van der Waals surface area (Å²) in [6.45, 7) is 0. The Hall–Kier alpha value is -2.46. The Morgan fingerprint density at radius 1 is 1.14 bits per heavy atom. The number of benzene rings is 2. The Morgan fingerprint density at radius 3 is 2.54 bits per heavy atom. The predicted molar refractivity (Wildman–Crippen MR) is 114 cm³/mol. The van der Waals surface area contributed by atoms with Crippen LogP contribution in [0.5, 0.6) is 5.75 Å². The Morgan fingerprint density at radius 2 is 1.86 bits per heavy atom. The first-order chi connectivity index (χ1) is 13.3. The number of ether oxygens (including phenoxy) is 1. The van der Waals surface area contributed by atoms with E-state index in [1.54, 1.807) is 49.6 Å². The molecule has 6 nitrogen and oxygen atoms in total. The lowest BCUT2D eigenvalue weighted by Gasteiger charge is -2.03. The van der Waals surface area contributed by atoms with E-state index < -0.39 is 31.9 Å². The molecule has 0 unspecified atom stereocenters. The van der Waals surface area contributed by atoms with Gasteiger partial charge in [-0.2, -0.15) is 0 Å². The minimum Gasteiger partial charge on any atom is -0.497 e. The van der Waals surface area contributed by atoms with Crippen LogP contribution in [0.4, 0.5) is 0 Å². The molecule has 0 aliphatic heterocycles. The van der Waals surface area contributed by atoms with Gasteiger partial charge >= 0.3 is 5.63 Å². The number of methoxy groups -OCH3 is 1. The molecule has 0 fully saturated rings. The second-order valence-electron chi connectivity index (χ2n) is 5.91. The fraction of sp³-hybridized carbons (Fsp3) is 0.100. The molecule has 0 aliphatic carbocycles. The summed E-state index contributed by atoms with van der Waals surface area (Å²) in [5, 5.41) is 0.478. The third kappa shape index (κ3) is 4.68. The summed E-state index contributed by atoms with van der Waals surface area (Å²) in [7, 11) is -2.59. The highest BCUT2D eigenvalue weighted by Gasteiger charge is 2.23. The number of rotatable bonds is 6. The fourth-order valence-corrected chi connectivity index (χ4v) is 4.25. The summed E-state index contributed by atoms with van der Waals surface area (Å²) in [6.07, 6.45) is 2.67. The number of hydrogen-bond donors (Lipinski definition) is 0. The topological polar surface area (TPSA) is 90.7 Å². The molecule has 0 radical (unpaired) electrons. The number of hydrogen-bond acceptors (Lipinski definition) is 6. The van der Waals surface area contributed by atoms with E-state index in [1.165, 1.54) is 18.2 Å². The SMILES string of the molecule is COc1ccc(C=CC(=O)CS(=O)(=O)c2cc3cc(I)ccc3oc2=O)cc1. The first kappa shape index (κ1) is 20.3. The first-order valence-corrected chi connectivity index (χ1v) is 10.8. The first-order valence-electron chi connectivity index (χ1n) is 8.09. The van der Waals surface area contributed by atoms with E-state index in [-0.39, 0.29) is 5.58 Å². The van der Waals surface area contributed by atoms with E-state index >= 15 is 0 Å². The molecule has 0 amide bonds. The van der Waals surface area contributed by atoms with Crippen LogP contribution in [0, 0.1) is 3.57 Å². The quantitative estimate of drug-likeness (QED) is 0.287. The zero-order valence-corrected chi connectivity index (χ0v) is 17.7. The fourth-order valence-electron chi connectivity index (χ4n) is 2.51. The highest BCUT2D eigenvalue weighted by Crippen LogP contribution is 2.19. The highest BCUT2D eigenvalue weighted by molar-refractivity contribution is 14.1. The Labute approximate surface area is 174 Å². The molecule has 0 aliphatic rings.